The summed E-state index contributed by atoms with van der Waals surface area (Å²) in [5.74, 6) is -1.10. The summed E-state index contributed by atoms with van der Waals surface area (Å²) < 4.78 is 31.4. The fraction of sp³-hybridized carbons (Fsp3) is 0.455. The van der Waals surface area contributed by atoms with Gasteiger partial charge in [0.1, 0.15) is 11.6 Å². The first-order valence-corrected chi connectivity index (χ1v) is 6.00. The van der Waals surface area contributed by atoms with Crippen molar-refractivity contribution in [2.75, 3.05) is 13.2 Å². The van der Waals surface area contributed by atoms with Crippen LogP contribution in [0.2, 0.25) is 0 Å². The molecule has 0 aromatic heterocycles. The average molecular weight is 245 g/mol. The number of hydrogen-bond acceptors (Lipinski definition) is 3. The van der Waals surface area contributed by atoms with E-state index in [1.54, 1.807) is 0 Å². The van der Waals surface area contributed by atoms with E-state index in [0.717, 1.165) is 12.5 Å². The minimum absolute atomic E-state index is 0.00297. The Morgan fingerprint density at radius 3 is 2.88 bits per heavy atom. The summed E-state index contributed by atoms with van der Waals surface area (Å²) in [5, 5.41) is 0.0358. The van der Waals surface area contributed by atoms with E-state index >= 15 is 0 Å². The minimum Gasteiger partial charge on any atom is -0.380 e. The Morgan fingerprint density at radius 2 is 2.19 bits per heavy atom. The maximum atomic E-state index is 13.4. The van der Waals surface area contributed by atoms with Gasteiger partial charge in [-0.3, -0.25) is 0 Å². The van der Waals surface area contributed by atoms with Crippen molar-refractivity contribution in [2.45, 2.75) is 22.6 Å². The first-order chi connectivity index (χ1) is 7.66. The number of benzene rings is 1. The standard InChI is InChI=1S/C11H13F2NOS/c12-7-1-2-10(8(13)5-7)16-11-6-15-4-3-9(11)14/h1-2,5,9,11H,3-4,6,14H2. The lowest BCUT2D eigenvalue weighted by molar-refractivity contribution is 0.0915. The highest BCUT2D eigenvalue weighted by molar-refractivity contribution is 8.00. The Kier molecular flexibility index (Phi) is 3.78. The van der Waals surface area contributed by atoms with Crippen molar-refractivity contribution in [3.8, 4) is 0 Å². The molecule has 2 unspecified atom stereocenters. The Hall–Kier alpha value is -0.650. The van der Waals surface area contributed by atoms with Gasteiger partial charge in [-0.2, -0.15) is 0 Å². The van der Waals surface area contributed by atoms with Crippen molar-refractivity contribution in [1.82, 2.24) is 0 Å². The summed E-state index contributed by atoms with van der Waals surface area (Å²) in [6, 6.07) is 3.58. The smallest absolute Gasteiger partial charge is 0.139 e. The average Bonchev–Trinajstić information content (AvgIpc) is 2.25. The molecule has 0 saturated carbocycles. The van der Waals surface area contributed by atoms with Gasteiger partial charge in [0.25, 0.3) is 0 Å². The molecule has 1 aliphatic heterocycles. The first kappa shape index (κ1) is 11.8. The Bertz CT molecular complexity index is 375. The van der Waals surface area contributed by atoms with Crippen molar-refractivity contribution in [1.29, 1.82) is 0 Å². The van der Waals surface area contributed by atoms with Gasteiger partial charge in [-0.1, -0.05) is 0 Å². The van der Waals surface area contributed by atoms with Gasteiger partial charge >= 0.3 is 0 Å². The van der Waals surface area contributed by atoms with E-state index in [4.69, 9.17) is 10.5 Å². The van der Waals surface area contributed by atoms with Crippen molar-refractivity contribution >= 4 is 11.8 Å². The van der Waals surface area contributed by atoms with Gasteiger partial charge in [-0.25, -0.2) is 8.78 Å². The summed E-state index contributed by atoms with van der Waals surface area (Å²) in [6.07, 6.45) is 0.778. The van der Waals surface area contributed by atoms with Crippen LogP contribution < -0.4 is 5.73 Å². The molecule has 2 N–H and O–H groups in total. The molecule has 1 aromatic rings. The topological polar surface area (TPSA) is 35.2 Å². The van der Waals surface area contributed by atoms with E-state index in [0.29, 0.717) is 18.1 Å². The van der Waals surface area contributed by atoms with Crippen LogP contribution in [0.4, 0.5) is 8.78 Å². The molecule has 0 radical (unpaired) electrons. The van der Waals surface area contributed by atoms with Gasteiger partial charge in [-0.05, 0) is 18.6 Å². The molecule has 2 nitrogen and oxygen atoms in total. The van der Waals surface area contributed by atoms with E-state index in [1.165, 1.54) is 23.9 Å². The first-order valence-electron chi connectivity index (χ1n) is 5.12. The number of hydrogen-bond donors (Lipinski definition) is 1. The highest BCUT2D eigenvalue weighted by atomic mass is 32.2. The molecule has 1 aromatic carbocycles. The van der Waals surface area contributed by atoms with Gasteiger partial charge in [0, 0.05) is 28.9 Å². The Balaban J connectivity index is 2.07. The van der Waals surface area contributed by atoms with Crippen LogP contribution in [0, 0.1) is 11.6 Å². The van der Waals surface area contributed by atoms with Crippen molar-refractivity contribution in [3.63, 3.8) is 0 Å². The van der Waals surface area contributed by atoms with E-state index in [2.05, 4.69) is 0 Å². The molecular formula is C11H13F2NOS. The number of ether oxygens (including phenoxy) is 1. The zero-order chi connectivity index (χ0) is 11.5. The van der Waals surface area contributed by atoms with Crippen LogP contribution in [0.1, 0.15) is 6.42 Å². The predicted octanol–water partition coefficient (Wildman–Crippen LogP) is 2.17. The molecular weight excluding hydrogens is 232 g/mol. The predicted molar refractivity (Wildman–Crippen MR) is 59.4 cm³/mol. The molecule has 0 aliphatic carbocycles. The summed E-state index contributed by atoms with van der Waals surface area (Å²) in [5.41, 5.74) is 5.91. The van der Waals surface area contributed by atoms with Gasteiger partial charge < -0.3 is 10.5 Å². The molecule has 5 heteroatoms. The van der Waals surface area contributed by atoms with E-state index in [1.807, 2.05) is 0 Å². The lowest BCUT2D eigenvalue weighted by Crippen LogP contribution is -2.40. The van der Waals surface area contributed by atoms with Crippen molar-refractivity contribution < 1.29 is 13.5 Å². The highest BCUT2D eigenvalue weighted by Crippen LogP contribution is 2.30. The van der Waals surface area contributed by atoms with E-state index in [9.17, 15) is 8.78 Å². The quantitative estimate of drug-likeness (QED) is 0.867. The Labute approximate surface area is 97.2 Å². The minimum atomic E-state index is -0.564. The van der Waals surface area contributed by atoms with Gasteiger partial charge in [0.05, 0.1) is 6.61 Å². The van der Waals surface area contributed by atoms with Crippen molar-refractivity contribution in [2.24, 2.45) is 5.73 Å². The highest BCUT2D eigenvalue weighted by Gasteiger charge is 2.24. The normalized spacial score (nSPS) is 25.7. The van der Waals surface area contributed by atoms with Crippen LogP contribution in [-0.2, 0) is 4.74 Å². The zero-order valence-electron chi connectivity index (χ0n) is 8.66. The maximum Gasteiger partial charge on any atom is 0.139 e. The van der Waals surface area contributed by atoms with Crippen molar-refractivity contribution in [3.05, 3.63) is 29.8 Å². The number of rotatable bonds is 2. The summed E-state index contributed by atoms with van der Waals surface area (Å²) in [6.45, 7) is 1.17. The maximum absolute atomic E-state index is 13.4. The largest absolute Gasteiger partial charge is 0.380 e. The molecule has 1 fully saturated rings. The molecule has 0 bridgehead atoms. The molecule has 2 atom stereocenters. The molecule has 1 saturated heterocycles. The third kappa shape index (κ3) is 2.72. The molecule has 1 aliphatic rings. The molecule has 16 heavy (non-hydrogen) atoms. The summed E-state index contributed by atoms with van der Waals surface area (Å²) in [4.78, 5) is 0.423. The molecule has 88 valence electrons. The number of nitrogens with two attached hydrogens (primary N) is 1. The second-order valence-corrected chi connectivity index (χ2v) is 5.04. The van der Waals surface area contributed by atoms with Crippen LogP contribution in [0.5, 0.6) is 0 Å². The third-order valence-corrected chi connectivity index (χ3v) is 3.90. The lowest BCUT2D eigenvalue weighted by Gasteiger charge is -2.28. The van der Waals surface area contributed by atoms with Gasteiger partial charge in [0.2, 0.25) is 0 Å². The van der Waals surface area contributed by atoms with E-state index in [-0.39, 0.29) is 11.3 Å². The van der Waals surface area contributed by atoms with Gasteiger partial charge in [0.15, 0.2) is 0 Å². The monoisotopic (exact) mass is 245 g/mol. The summed E-state index contributed by atoms with van der Waals surface area (Å²) >= 11 is 1.32. The fourth-order valence-electron chi connectivity index (χ4n) is 1.58. The van der Waals surface area contributed by atoms with Crippen LogP contribution in [0.15, 0.2) is 23.1 Å². The summed E-state index contributed by atoms with van der Waals surface area (Å²) in [7, 11) is 0. The Morgan fingerprint density at radius 1 is 1.38 bits per heavy atom. The van der Waals surface area contributed by atoms with Crippen LogP contribution in [-0.4, -0.2) is 24.5 Å². The van der Waals surface area contributed by atoms with Crippen LogP contribution in [0.25, 0.3) is 0 Å². The fourth-order valence-corrected chi connectivity index (χ4v) is 2.70. The third-order valence-electron chi connectivity index (χ3n) is 2.53. The molecule has 0 spiro atoms. The van der Waals surface area contributed by atoms with Gasteiger partial charge in [-0.15, -0.1) is 11.8 Å². The molecule has 0 amide bonds. The second kappa shape index (κ2) is 5.12. The zero-order valence-corrected chi connectivity index (χ0v) is 9.47. The number of thioether (sulfide) groups is 1. The lowest BCUT2D eigenvalue weighted by atomic mass is 10.1. The second-order valence-electron chi connectivity index (χ2n) is 3.76. The molecule has 1 heterocycles. The van der Waals surface area contributed by atoms with Crippen LogP contribution >= 0.6 is 11.8 Å². The number of halogens is 2. The van der Waals surface area contributed by atoms with Crippen LogP contribution in [0.3, 0.4) is 0 Å². The molecule has 2 rings (SSSR count). The van der Waals surface area contributed by atoms with E-state index < -0.39 is 11.6 Å². The SMILES string of the molecule is NC1CCOCC1Sc1ccc(F)cc1F.